The maximum absolute atomic E-state index is 8.33. The van der Waals surface area contributed by atoms with Crippen LogP contribution in [-0.2, 0) is 6.42 Å². The predicted molar refractivity (Wildman–Crippen MR) is 55.1 cm³/mol. The van der Waals surface area contributed by atoms with E-state index in [9.17, 15) is 0 Å². The molecule has 0 aliphatic carbocycles. The fraction of sp³-hybridized carbons (Fsp3) is 0.250. The van der Waals surface area contributed by atoms with E-state index < -0.39 is 0 Å². The lowest BCUT2D eigenvalue weighted by Gasteiger charge is -1.96. The second-order valence-corrected chi connectivity index (χ2v) is 2.86. The zero-order valence-corrected chi connectivity index (χ0v) is 7.83. The fourth-order valence-electron chi connectivity index (χ4n) is 1.11. The summed E-state index contributed by atoms with van der Waals surface area (Å²) in [5.74, 6) is 0. The van der Waals surface area contributed by atoms with Gasteiger partial charge in [-0.25, -0.2) is 0 Å². The minimum absolute atomic E-state index is 0.482. The summed E-state index contributed by atoms with van der Waals surface area (Å²) in [7, 11) is 0. The molecule has 66 valence electrons. The van der Waals surface area contributed by atoms with Gasteiger partial charge in [0.05, 0.1) is 12.5 Å². The Morgan fingerprint density at radius 3 is 2.54 bits per heavy atom. The highest BCUT2D eigenvalue weighted by Crippen LogP contribution is 2.06. The minimum atomic E-state index is 0.482. The first-order valence-corrected chi connectivity index (χ1v) is 4.49. The van der Waals surface area contributed by atoms with Gasteiger partial charge in [-0.1, -0.05) is 43.3 Å². The topological polar surface area (TPSA) is 23.8 Å². The molecule has 0 heterocycles. The van der Waals surface area contributed by atoms with E-state index in [1.165, 1.54) is 5.56 Å². The summed E-state index contributed by atoms with van der Waals surface area (Å²) in [6.07, 6.45) is 5.40. The van der Waals surface area contributed by atoms with Crippen LogP contribution in [0.5, 0.6) is 0 Å². The molecular formula is C12H13N. The molecule has 0 bridgehead atoms. The van der Waals surface area contributed by atoms with Crippen LogP contribution in [0.4, 0.5) is 0 Å². The monoisotopic (exact) mass is 171 g/mol. The SMILES string of the molecule is CCc1ccc(C=CCC#N)cc1. The van der Waals surface area contributed by atoms with Crippen molar-refractivity contribution in [2.45, 2.75) is 19.8 Å². The Hall–Kier alpha value is -1.55. The van der Waals surface area contributed by atoms with E-state index in [1.54, 1.807) is 0 Å². The van der Waals surface area contributed by atoms with Gasteiger partial charge in [0.2, 0.25) is 0 Å². The number of nitrogens with zero attached hydrogens (tertiary/aromatic N) is 1. The normalized spacial score (nSPS) is 10.2. The maximum Gasteiger partial charge on any atom is 0.0663 e. The molecule has 0 saturated carbocycles. The number of hydrogen-bond acceptors (Lipinski definition) is 1. The summed E-state index contributed by atoms with van der Waals surface area (Å²) in [4.78, 5) is 0. The Labute approximate surface area is 79.3 Å². The number of rotatable bonds is 3. The summed E-state index contributed by atoms with van der Waals surface area (Å²) in [6.45, 7) is 2.14. The number of hydrogen-bond donors (Lipinski definition) is 0. The number of benzene rings is 1. The van der Waals surface area contributed by atoms with Gasteiger partial charge in [-0.05, 0) is 17.5 Å². The third-order valence-corrected chi connectivity index (χ3v) is 1.91. The van der Waals surface area contributed by atoms with E-state index >= 15 is 0 Å². The fourth-order valence-corrected chi connectivity index (χ4v) is 1.11. The summed E-state index contributed by atoms with van der Waals surface area (Å²) >= 11 is 0. The molecule has 0 unspecified atom stereocenters. The molecule has 0 aliphatic heterocycles. The van der Waals surface area contributed by atoms with Crippen molar-refractivity contribution in [3.8, 4) is 6.07 Å². The second kappa shape index (κ2) is 5.16. The zero-order chi connectivity index (χ0) is 9.52. The highest BCUT2D eigenvalue weighted by atomic mass is 14.2. The summed E-state index contributed by atoms with van der Waals surface area (Å²) < 4.78 is 0. The van der Waals surface area contributed by atoms with E-state index in [4.69, 9.17) is 5.26 Å². The van der Waals surface area contributed by atoms with Gasteiger partial charge in [0.1, 0.15) is 0 Å². The molecule has 0 aromatic heterocycles. The molecule has 0 radical (unpaired) electrons. The highest BCUT2D eigenvalue weighted by molar-refractivity contribution is 5.49. The Balaban J connectivity index is 2.65. The van der Waals surface area contributed by atoms with Gasteiger partial charge in [-0.2, -0.15) is 5.26 Å². The summed E-state index contributed by atoms with van der Waals surface area (Å²) in [5, 5.41) is 8.33. The molecule has 1 heteroatoms. The second-order valence-electron chi connectivity index (χ2n) is 2.86. The molecule has 13 heavy (non-hydrogen) atoms. The molecule has 1 nitrogen and oxygen atoms in total. The first-order valence-electron chi connectivity index (χ1n) is 4.49. The van der Waals surface area contributed by atoms with Crippen molar-refractivity contribution in [2.24, 2.45) is 0 Å². The van der Waals surface area contributed by atoms with Crippen LogP contribution in [0, 0.1) is 11.3 Å². The molecule has 0 N–H and O–H groups in total. The average molecular weight is 171 g/mol. The quantitative estimate of drug-likeness (QED) is 0.685. The Morgan fingerprint density at radius 2 is 2.00 bits per heavy atom. The van der Waals surface area contributed by atoms with Crippen LogP contribution in [0.25, 0.3) is 6.08 Å². The molecule has 1 aromatic rings. The summed E-state index contributed by atoms with van der Waals surface area (Å²) in [6, 6.07) is 10.5. The lowest BCUT2D eigenvalue weighted by Crippen LogP contribution is -1.78. The van der Waals surface area contributed by atoms with Crippen LogP contribution in [-0.4, -0.2) is 0 Å². The zero-order valence-electron chi connectivity index (χ0n) is 7.83. The van der Waals surface area contributed by atoms with Gasteiger partial charge in [0, 0.05) is 0 Å². The molecular weight excluding hydrogens is 158 g/mol. The number of nitriles is 1. The Bertz CT molecular complexity index is 314. The molecule has 1 aromatic carbocycles. The first kappa shape index (κ1) is 9.54. The van der Waals surface area contributed by atoms with Crippen LogP contribution in [0.15, 0.2) is 30.3 Å². The van der Waals surface area contributed by atoms with E-state index in [1.807, 2.05) is 12.2 Å². The van der Waals surface area contributed by atoms with Gasteiger partial charge in [-0.3, -0.25) is 0 Å². The first-order chi connectivity index (χ1) is 6.36. The van der Waals surface area contributed by atoms with E-state index in [0.717, 1.165) is 12.0 Å². The van der Waals surface area contributed by atoms with Gasteiger partial charge < -0.3 is 0 Å². The summed E-state index contributed by atoms with van der Waals surface area (Å²) in [5.41, 5.74) is 2.50. The largest absolute Gasteiger partial charge is 0.198 e. The smallest absolute Gasteiger partial charge is 0.0663 e. The Morgan fingerprint density at radius 1 is 1.31 bits per heavy atom. The van der Waals surface area contributed by atoms with Crippen LogP contribution in [0.2, 0.25) is 0 Å². The number of allylic oxidation sites excluding steroid dienone is 1. The molecule has 0 aliphatic rings. The molecule has 1 rings (SSSR count). The number of aryl methyl sites for hydroxylation is 1. The average Bonchev–Trinajstić information content (AvgIpc) is 2.19. The van der Waals surface area contributed by atoms with E-state index in [0.29, 0.717) is 6.42 Å². The van der Waals surface area contributed by atoms with Crippen molar-refractivity contribution in [1.29, 1.82) is 5.26 Å². The molecule has 0 amide bonds. The van der Waals surface area contributed by atoms with Crippen molar-refractivity contribution in [2.75, 3.05) is 0 Å². The third-order valence-electron chi connectivity index (χ3n) is 1.91. The Kier molecular flexibility index (Phi) is 3.78. The van der Waals surface area contributed by atoms with E-state index in [2.05, 4.69) is 37.3 Å². The van der Waals surface area contributed by atoms with Crippen LogP contribution in [0.1, 0.15) is 24.5 Å². The molecule has 0 saturated heterocycles. The molecule has 0 spiro atoms. The highest BCUT2D eigenvalue weighted by Gasteiger charge is 1.88. The molecule has 0 atom stereocenters. The lowest BCUT2D eigenvalue weighted by molar-refractivity contribution is 1.14. The van der Waals surface area contributed by atoms with Gasteiger partial charge in [-0.15, -0.1) is 0 Å². The maximum atomic E-state index is 8.33. The van der Waals surface area contributed by atoms with Crippen LogP contribution in [0.3, 0.4) is 0 Å². The molecule has 0 fully saturated rings. The standard InChI is InChI=1S/C12H13N/c1-2-11-6-8-12(9-7-11)5-3-4-10-13/h3,5-9H,2,4H2,1H3. The van der Waals surface area contributed by atoms with Gasteiger partial charge in [0.15, 0.2) is 0 Å². The van der Waals surface area contributed by atoms with Crippen LogP contribution >= 0.6 is 0 Å². The van der Waals surface area contributed by atoms with Crippen molar-refractivity contribution in [1.82, 2.24) is 0 Å². The minimum Gasteiger partial charge on any atom is -0.198 e. The van der Waals surface area contributed by atoms with Crippen molar-refractivity contribution < 1.29 is 0 Å². The van der Waals surface area contributed by atoms with Crippen molar-refractivity contribution >= 4 is 6.08 Å². The van der Waals surface area contributed by atoms with Crippen molar-refractivity contribution in [3.05, 3.63) is 41.5 Å². The van der Waals surface area contributed by atoms with Crippen LogP contribution < -0.4 is 0 Å². The van der Waals surface area contributed by atoms with Gasteiger partial charge >= 0.3 is 0 Å². The lowest BCUT2D eigenvalue weighted by atomic mass is 10.1. The predicted octanol–water partition coefficient (Wildman–Crippen LogP) is 3.18. The third kappa shape index (κ3) is 3.13. The van der Waals surface area contributed by atoms with Crippen molar-refractivity contribution in [3.63, 3.8) is 0 Å². The van der Waals surface area contributed by atoms with Gasteiger partial charge in [0.25, 0.3) is 0 Å². The van der Waals surface area contributed by atoms with E-state index in [-0.39, 0.29) is 0 Å².